The lowest BCUT2D eigenvalue weighted by atomic mass is 10.0. The molecule has 5 aromatic rings. The van der Waals surface area contributed by atoms with E-state index in [2.05, 4.69) is 21.4 Å². The predicted molar refractivity (Wildman–Crippen MR) is 132 cm³/mol. The van der Waals surface area contributed by atoms with Gasteiger partial charge in [-0.15, -0.1) is 11.3 Å². The number of hydrogen-bond acceptors (Lipinski definition) is 5. The number of nitriles is 1. The Balaban J connectivity index is 1.53. The summed E-state index contributed by atoms with van der Waals surface area (Å²) in [6.07, 6.45) is -0.0642. The summed E-state index contributed by atoms with van der Waals surface area (Å²) in [5.74, 6) is -2.29. The number of thiophene rings is 1. The molecule has 1 N–H and O–H groups in total. The molecule has 0 radical (unpaired) electrons. The summed E-state index contributed by atoms with van der Waals surface area (Å²) in [7, 11) is 0. The Hall–Kier alpha value is -4.62. The predicted octanol–water partition coefficient (Wildman–Crippen LogP) is 7.31. The van der Waals surface area contributed by atoms with E-state index >= 15 is 0 Å². The number of benzene rings is 2. The van der Waals surface area contributed by atoms with Crippen molar-refractivity contribution in [1.29, 1.82) is 5.26 Å². The van der Waals surface area contributed by atoms with Crippen LogP contribution in [0.1, 0.15) is 21.5 Å². The Morgan fingerprint density at radius 2 is 1.81 bits per heavy atom. The van der Waals surface area contributed by atoms with Gasteiger partial charge in [0.25, 0.3) is 5.91 Å². The van der Waals surface area contributed by atoms with Crippen molar-refractivity contribution < 1.29 is 22.4 Å². The lowest BCUT2D eigenvalue weighted by molar-refractivity contribution is -0.140. The third kappa shape index (κ3) is 4.77. The van der Waals surface area contributed by atoms with Crippen molar-refractivity contribution in [3.05, 3.63) is 102 Å². The van der Waals surface area contributed by atoms with Crippen LogP contribution in [-0.4, -0.2) is 15.9 Å². The topological polar surface area (TPSA) is 78.7 Å². The van der Waals surface area contributed by atoms with Crippen LogP contribution >= 0.6 is 11.3 Å². The molecule has 0 fully saturated rings. The van der Waals surface area contributed by atoms with Gasteiger partial charge in [0.15, 0.2) is 0 Å². The number of hydrogen-bond donors (Lipinski definition) is 1. The van der Waals surface area contributed by atoms with Crippen LogP contribution < -0.4 is 5.32 Å². The molecule has 0 atom stereocenters. The summed E-state index contributed by atoms with van der Waals surface area (Å²) in [6, 6.07) is 16.4. The maximum Gasteiger partial charge on any atom is 0.419 e. The van der Waals surface area contributed by atoms with E-state index < -0.39 is 23.5 Å². The fourth-order valence-corrected chi connectivity index (χ4v) is 5.01. The van der Waals surface area contributed by atoms with Crippen LogP contribution in [0.15, 0.2) is 79.3 Å². The van der Waals surface area contributed by atoms with Gasteiger partial charge in [-0.1, -0.05) is 18.2 Å². The highest BCUT2D eigenvalue weighted by atomic mass is 32.1. The molecule has 3 aromatic heterocycles. The summed E-state index contributed by atoms with van der Waals surface area (Å²) in [5, 5.41) is 12.3. The van der Waals surface area contributed by atoms with Gasteiger partial charge in [-0.25, -0.2) is 4.39 Å². The molecule has 2 aromatic carbocycles. The minimum atomic E-state index is -4.93. The second-order valence-corrected chi connectivity index (χ2v) is 9.00. The van der Waals surface area contributed by atoms with Crippen molar-refractivity contribution in [3.8, 4) is 27.6 Å². The molecule has 0 saturated heterocycles. The summed E-state index contributed by atoms with van der Waals surface area (Å²) in [5.41, 5.74) is 1.55. The number of fused-ring (bicyclic) bond motifs is 1. The van der Waals surface area contributed by atoms with Crippen LogP contribution in [-0.2, 0) is 6.18 Å². The Morgan fingerprint density at radius 1 is 1.00 bits per heavy atom. The minimum Gasteiger partial charge on any atom is -0.322 e. The molecule has 37 heavy (non-hydrogen) atoms. The van der Waals surface area contributed by atoms with Gasteiger partial charge in [0.2, 0.25) is 0 Å². The first-order valence-corrected chi connectivity index (χ1v) is 11.6. The third-order valence-corrected chi connectivity index (χ3v) is 6.74. The Labute approximate surface area is 211 Å². The molecule has 10 heteroatoms. The van der Waals surface area contributed by atoms with Crippen molar-refractivity contribution in [2.24, 2.45) is 0 Å². The molecule has 0 aliphatic heterocycles. The number of amides is 1. The first kappa shape index (κ1) is 24.1. The zero-order chi connectivity index (χ0) is 26.2. The van der Waals surface area contributed by atoms with Gasteiger partial charge in [0, 0.05) is 45.8 Å². The Morgan fingerprint density at radius 3 is 2.54 bits per heavy atom. The van der Waals surface area contributed by atoms with Gasteiger partial charge in [0.05, 0.1) is 21.3 Å². The summed E-state index contributed by atoms with van der Waals surface area (Å²) >= 11 is 1.44. The summed E-state index contributed by atoms with van der Waals surface area (Å²) in [6.45, 7) is 0. The first-order valence-electron chi connectivity index (χ1n) is 10.8. The van der Waals surface area contributed by atoms with E-state index in [0.29, 0.717) is 40.0 Å². The van der Waals surface area contributed by atoms with E-state index in [1.54, 1.807) is 36.7 Å². The van der Waals surface area contributed by atoms with Crippen molar-refractivity contribution in [2.75, 3.05) is 5.32 Å². The quantitative estimate of drug-likeness (QED) is 0.253. The Kier molecular flexibility index (Phi) is 6.15. The fourth-order valence-electron chi connectivity index (χ4n) is 3.84. The highest BCUT2D eigenvalue weighted by Crippen LogP contribution is 2.40. The van der Waals surface area contributed by atoms with E-state index in [1.165, 1.54) is 17.5 Å². The van der Waals surface area contributed by atoms with Crippen LogP contribution in [0.5, 0.6) is 0 Å². The molecule has 0 unspecified atom stereocenters. The molecule has 0 spiro atoms. The monoisotopic (exact) mass is 518 g/mol. The molecule has 1 amide bonds. The Bertz CT molecular complexity index is 1690. The van der Waals surface area contributed by atoms with E-state index in [4.69, 9.17) is 0 Å². The number of nitrogens with one attached hydrogen (secondary N) is 1. The molecule has 0 aliphatic carbocycles. The standard InChI is InChI=1S/C27H14F4N4OS/c28-21-7-6-16(10-20(21)27(29,30)31)26(36)35-19-5-1-3-15(9-19)24-18(12-32)14-34-22-11-23(37-25(22)24)17-4-2-8-33-13-17/h1-11,13-14H,(H,35,36). The second-order valence-electron chi connectivity index (χ2n) is 7.95. The lowest BCUT2D eigenvalue weighted by Crippen LogP contribution is -2.15. The van der Waals surface area contributed by atoms with Crippen LogP contribution in [0.25, 0.3) is 31.8 Å². The molecule has 0 saturated carbocycles. The lowest BCUT2D eigenvalue weighted by Gasteiger charge is -2.12. The third-order valence-electron chi connectivity index (χ3n) is 5.55. The van der Waals surface area contributed by atoms with E-state index in [9.17, 15) is 27.6 Å². The zero-order valence-corrected chi connectivity index (χ0v) is 19.5. The molecular formula is C27H14F4N4OS. The van der Waals surface area contributed by atoms with Gasteiger partial charge in [-0.05, 0) is 48.0 Å². The minimum absolute atomic E-state index is 0.290. The summed E-state index contributed by atoms with van der Waals surface area (Å²) < 4.78 is 53.6. The second kappa shape index (κ2) is 9.44. The molecule has 0 aliphatic rings. The summed E-state index contributed by atoms with van der Waals surface area (Å²) in [4.78, 5) is 22.1. The molecule has 0 bridgehead atoms. The number of carbonyl (C=O) groups excluding carboxylic acids is 1. The first-order chi connectivity index (χ1) is 17.7. The molecule has 5 rings (SSSR count). The van der Waals surface area contributed by atoms with Crippen LogP contribution in [0.4, 0.5) is 23.2 Å². The van der Waals surface area contributed by atoms with E-state index in [0.717, 1.165) is 21.2 Å². The molecule has 5 nitrogen and oxygen atoms in total. The van der Waals surface area contributed by atoms with Gasteiger partial charge in [0.1, 0.15) is 11.9 Å². The molecule has 3 heterocycles. The smallest absolute Gasteiger partial charge is 0.322 e. The zero-order valence-electron chi connectivity index (χ0n) is 18.7. The largest absolute Gasteiger partial charge is 0.419 e. The van der Waals surface area contributed by atoms with Crippen LogP contribution in [0, 0.1) is 17.1 Å². The van der Waals surface area contributed by atoms with Gasteiger partial charge in [-0.3, -0.25) is 14.8 Å². The number of halogens is 4. The maximum atomic E-state index is 13.6. The van der Waals surface area contributed by atoms with Gasteiger partial charge < -0.3 is 5.32 Å². The van der Waals surface area contributed by atoms with E-state index in [1.807, 2.05) is 18.2 Å². The number of rotatable bonds is 4. The van der Waals surface area contributed by atoms with Crippen LogP contribution in [0.3, 0.4) is 0 Å². The normalized spacial score (nSPS) is 11.3. The highest BCUT2D eigenvalue weighted by molar-refractivity contribution is 7.22. The molecular weight excluding hydrogens is 504 g/mol. The van der Waals surface area contributed by atoms with Gasteiger partial charge >= 0.3 is 6.18 Å². The van der Waals surface area contributed by atoms with Crippen molar-refractivity contribution in [1.82, 2.24) is 9.97 Å². The van der Waals surface area contributed by atoms with Crippen molar-refractivity contribution in [3.63, 3.8) is 0 Å². The number of pyridine rings is 2. The SMILES string of the molecule is N#Cc1cnc2cc(-c3cccnc3)sc2c1-c1cccc(NC(=O)c2ccc(F)c(C(F)(F)F)c2)c1. The number of aromatic nitrogens is 2. The van der Waals surface area contributed by atoms with Crippen molar-refractivity contribution in [2.45, 2.75) is 6.18 Å². The number of carbonyl (C=O) groups is 1. The highest BCUT2D eigenvalue weighted by Gasteiger charge is 2.34. The van der Waals surface area contributed by atoms with E-state index in [-0.39, 0.29) is 5.56 Å². The number of anilines is 1. The number of alkyl halides is 3. The van der Waals surface area contributed by atoms with Gasteiger partial charge in [-0.2, -0.15) is 18.4 Å². The van der Waals surface area contributed by atoms with Crippen LogP contribution in [0.2, 0.25) is 0 Å². The van der Waals surface area contributed by atoms with Crippen molar-refractivity contribution >= 4 is 33.1 Å². The average Bonchev–Trinajstić information content (AvgIpc) is 3.32. The average molecular weight is 518 g/mol. The number of nitrogens with zero attached hydrogens (tertiary/aromatic N) is 3. The molecule has 182 valence electrons. The fraction of sp³-hybridized carbons (Fsp3) is 0.0370. The maximum absolute atomic E-state index is 13.6.